The number of carbonyl (C=O) groups excluding carboxylic acids is 2. The number of ether oxygens (including phenoxy) is 1. The van der Waals surface area contributed by atoms with E-state index >= 15 is 0 Å². The highest BCUT2D eigenvalue weighted by Gasteiger charge is 2.40. The van der Waals surface area contributed by atoms with Gasteiger partial charge >= 0.3 is 18.1 Å². The van der Waals surface area contributed by atoms with Crippen LogP contribution in [0.3, 0.4) is 0 Å². The number of rotatable bonds is 3. The number of hydrogen-bond acceptors (Lipinski definition) is 4. The molecule has 0 rings (SSSR count). The molecule has 0 spiro atoms. The third kappa shape index (κ3) is 4.30. The largest absolute Gasteiger partial charge is 0.471 e. The number of halogens is 3. The summed E-state index contributed by atoms with van der Waals surface area (Å²) in [5, 5.41) is 9.55. The SMILES string of the molecule is COC(=O)C(CC#N)NC(=O)C(F)(F)F. The molecule has 1 unspecified atom stereocenters. The molecule has 0 heterocycles. The number of nitrogens with zero attached hydrogens (tertiary/aromatic N) is 1. The van der Waals surface area contributed by atoms with Crippen LogP contribution in [0.25, 0.3) is 0 Å². The van der Waals surface area contributed by atoms with E-state index in [9.17, 15) is 22.8 Å². The lowest BCUT2D eigenvalue weighted by Gasteiger charge is -2.14. The van der Waals surface area contributed by atoms with Gasteiger partial charge in [-0.15, -0.1) is 0 Å². The van der Waals surface area contributed by atoms with Gasteiger partial charge in [-0.25, -0.2) is 4.79 Å². The van der Waals surface area contributed by atoms with Crippen LogP contribution in [0, 0.1) is 11.3 Å². The molecule has 0 aromatic carbocycles. The second kappa shape index (κ2) is 5.19. The molecule has 1 atom stereocenters. The Morgan fingerprint density at radius 3 is 2.40 bits per heavy atom. The van der Waals surface area contributed by atoms with Crippen molar-refractivity contribution in [2.24, 2.45) is 0 Å². The molecule has 0 bridgehead atoms. The minimum Gasteiger partial charge on any atom is -0.467 e. The summed E-state index contributed by atoms with van der Waals surface area (Å²) < 4.78 is 39.4. The molecule has 0 radical (unpaired) electrons. The molecule has 8 heteroatoms. The van der Waals surface area contributed by atoms with Gasteiger partial charge in [0.25, 0.3) is 0 Å². The zero-order valence-electron chi connectivity index (χ0n) is 7.59. The normalized spacial score (nSPS) is 12.5. The van der Waals surface area contributed by atoms with Crippen LogP contribution in [0.15, 0.2) is 0 Å². The molecule has 5 nitrogen and oxygen atoms in total. The van der Waals surface area contributed by atoms with Crippen LogP contribution in [0.5, 0.6) is 0 Å². The van der Waals surface area contributed by atoms with E-state index in [1.165, 1.54) is 11.4 Å². The lowest BCUT2D eigenvalue weighted by atomic mass is 10.2. The van der Waals surface area contributed by atoms with Gasteiger partial charge in [0.2, 0.25) is 0 Å². The van der Waals surface area contributed by atoms with Crippen molar-refractivity contribution in [1.82, 2.24) is 5.32 Å². The third-order valence-corrected chi connectivity index (χ3v) is 1.34. The summed E-state index contributed by atoms with van der Waals surface area (Å²) in [4.78, 5) is 21.2. The number of alkyl halides is 3. The number of methoxy groups -OCH3 is 1. The fourth-order valence-electron chi connectivity index (χ4n) is 0.667. The van der Waals surface area contributed by atoms with Crippen LogP contribution in [0.2, 0.25) is 0 Å². The molecule has 0 saturated carbocycles. The van der Waals surface area contributed by atoms with E-state index in [4.69, 9.17) is 5.26 Å². The monoisotopic (exact) mass is 224 g/mol. The minimum atomic E-state index is -5.10. The molecule has 0 aliphatic rings. The summed E-state index contributed by atoms with van der Waals surface area (Å²) in [6.07, 6.45) is -5.68. The highest BCUT2D eigenvalue weighted by Crippen LogP contribution is 2.14. The van der Waals surface area contributed by atoms with Crippen molar-refractivity contribution in [3.63, 3.8) is 0 Å². The van der Waals surface area contributed by atoms with Crippen LogP contribution in [-0.2, 0) is 14.3 Å². The number of carbonyl (C=O) groups is 2. The number of esters is 1. The first-order valence-electron chi connectivity index (χ1n) is 3.65. The number of nitriles is 1. The third-order valence-electron chi connectivity index (χ3n) is 1.34. The van der Waals surface area contributed by atoms with Crippen molar-refractivity contribution in [2.45, 2.75) is 18.6 Å². The van der Waals surface area contributed by atoms with Crippen LogP contribution in [-0.4, -0.2) is 31.2 Å². The van der Waals surface area contributed by atoms with E-state index in [2.05, 4.69) is 4.74 Å². The van der Waals surface area contributed by atoms with Gasteiger partial charge in [-0.1, -0.05) is 0 Å². The maximum atomic E-state index is 11.8. The maximum Gasteiger partial charge on any atom is 0.471 e. The Morgan fingerprint density at radius 2 is 2.07 bits per heavy atom. The van der Waals surface area contributed by atoms with Gasteiger partial charge in [-0.05, 0) is 0 Å². The second-order valence-electron chi connectivity index (χ2n) is 2.41. The molecule has 0 aromatic heterocycles. The van der Waals surface area contributed by atoms with E-state index in [1.54, 1.807) is 0 Å². The van der Waals surface area contributed by atoms with E-state index < -0.39 is 30.5 Å². The highest BCUT2D eigenvalue weighted by molar-refractivity contribution is 5.87. The molecule has 1 amide bonds. The molecule has 15 heavy (non-hydrogen) atoms. The molecule has 0 aliphatic heterocycles. The first kappa shape index (κ1) is 13.2. The Balaban J connectivity index is 4.50. The van der Waals surface area contributed by atoms with Crippen molar-refractivity contribution in [2.75, 3.05) is 7.11 Å². The van der Waals surface area contributed by atoms with Gasteiger partial charge in [-0.3, -0.25) is 4.79 Å². The second-order valence-corrected chi connectivity index (χ2v) is 2.41. The minimum absolute atomic E-state index is 0.589. The Bertz CT molecular complexity index is 295. The van der Waals surface area contributed by atoms with E-state index in [-0.39, 0.29) is 0 Å². The van der Waals surface area contributed by atoms with Crippen LogP contribution < -0.4 is 5.32 Å². The lowest BCUT2D eigenvalue weighted by molar-refractivity contribution is -0.175. The Morgan fingerprint density at radius 1 is 1.53 bits per heavy atom. The summed E-state index contributed by atoms with van der Waals surface area (Å²) in [5.41, 5.74) is 0. The molecule has 0 aromatic rings. The van der Waals surface area contributed by atoms with Gasteiger partial charge in [0.05, 0.1) is 19.6 Å². The van der Waals surface area contributed by atoms with E-state index in [0.717, 1.165) is 7.11 Å². The fraction of sp³-hybridized carbons (Fsp3) is 0.571. The van der Waals surface area contributed by atoms with Crippen LogP contribution in [0.4, 0.5) is 13.2 Å². The maximum absolute atomic E-state index is 11.8. The first-order chi connectivity index (χ1) is 6.82. The molecular formula is C7H7F3N2O3. The Kier molecular flexibility index (Phi) is 4.57. The number of hydrogen-bond donors (Lipinski definition) is 1. The van der Waals surface area contributed by atoms with E-state index in [0.29, 0.717) is 0 Å². The predicted octanol–water partition coefficient (Wildman–Crippen LogP) is 0.120. The summed E-state index contributed by atoms with van der Waals surface area (Å²) in [6, 6.07) is -0.146. The Labute approximate surface area is 82.8 Å². The van der Waals surface area contributed by atoms with Crippen molar-refractivity contribution in [3.8, 4) is 6.07 Å². The van der Waals surface area contributed by atoms with Crippen LogP contribution in [0.1, 0.15) is 6.42 Å². The van der Waals surface area contributed by atoms with Crippen molar-refractivity contribution in [1.29, 1.82) is 5.26 Å². The van der Waals surface area contributed by atoms with Crippen molar-refractivity contribution >= 4 is 11.9 Å². The summed E-state index contributed by atoms with van der Waals surface area (Å²) >= 11 is 0. The van der Waals surface area contributed by atoms with Gasteiger partial charge in [0.1, 0.15) is 6.04 Å². The average molecular weight is 224 g/mol. The van der Waals surface area contributed by atoms with Gasteiger partial charge in [0.15, 0.2) is 0 Å². The topological polar surface area (TPSA) is 79.2 Å². The highest BCUT2D eigenvalue weighted by atomic mass is 19.4. The summed E-state index contributed by atoms with van der Waals surface area (Å²) in [7, 11) is 0.937. The zero-order valence-corrected chi connectivity index (χ0v) is 7.59. The first-order valence-corrected chi connectivity index (χ1v) is 3.65. The lowest BCUT2D eigenvalue weighted by Crippen LogP contribution is -2.47. The van der Waals surface area contributed by atoms with Crippen LogP contribution >= 0.6 is 0 Å². The average Bonchev–Trinajstić information content (AvgIpc) is 2.14. The van der Waals surface area contributed by atoms with Crippen molar-refractivity contribution < 1.29 is 27.5 Å². The Hall–Kier alpha value is -1.78. The predicted molar refractivity (Wildman–Crippen MR) is 40.2 cm³/mol. The summed E-state index contributed by atoms with van der Waals surface area (Å²) in [6.45, 7) is 0. The molecule has 0 aliphatic carbocycles. The number of amides is 1. The molecule has 1 N–H and O–H groups in total. The number of nitrogens with one attached hydrogen (secondary N) is 1. The van der Waals surface area contributed by atoms with Gasteiger partial charge < -0.3 is 10.1 Å². The molecule has 0 fully saturated rings. The molecule has 0 saturated heterocycles. The van der Waals surface area contributed by atoms with Gasteiger partial charge in [-0.2, -0.15) is 18.4 Å². The quantitative estimate of drug-likeness (QED) is 0.690. The smallest absolute Gasteiger partial charge is 0.467 e. The van der Waals surface area contributed by atoms with Crippen molar-refractivity contribution in [3.05, 3.63) is 0 Å². The fourth-order valence-corrected chi connectivity index (χ4v) is 0.667. The van der Waals surface area contributed by atoms with E-state index in [1.807, 2.05) is 0 Å². The molecule has 84 valence electrons. The summed E-state index contributed by atoms with van der Waals surface area (Å²) in [5.74, 6) is -3.39. The van der Waals surface area contributed by atoms with Gasteiger partial charge in [0, 0.05) is 0 Å². The standard InChI is InChI=1S/C7H7F3N2O3/c1-15-5(13)4(2-3-11)12-6(14)7(8,9)10/h4H,2H2,1H3,(H,12,14). The zero-order chi connectivity index (χ0) is 12.1. The molecular weight excluding hydrogens is 217 g/mol.